The molecule has 0 saturated heterocycles. The summed E-state index contributed by atoms with van der Waals surface area (Å²) < 4.78 is 5.36. The molecule has 24 heavy (non-hydrogen) atoms. The fourth-order valence-electron chi connectivity index (χ4n) is 2.83. The van der Waals surface area contributed by atoms with Gasteiger partial charge in [0.2, 0.25) is 0 Å². The van der Waals surface area contributed by atoms with E-state index in [1.165, 1.54) is 7.11 Å². The number of methoxy groups -OCH3 is 1. The Balaban J connectivity index is 3.13. The zero-order chi connectivity index (χ0) is 18.3. The zero-order valence-electron chi connectivity index (χ0n) is 15.5. The summed E-state index contributed by atoms with van der Waals surface area (Å²) in [5, 5.41) is 20.5. The second-order valence-corrected chi connectivity index (χ2v) is 6.44. The number of carbonyl (C=O) groups excluding carboxylic acids is 1. The lowest BCUT2D eigenvalue weighted by Gasteiger charge is -2.24. The van der Waals surface area contributed by atoms with Gasteiger partial charge >= 0.3 is 0 Å². The van der Waals surface area contributed by atoms with Crippen LogP contribution in [0.25, 0.3) is 0 Å². The number of rotatable bonds is 9. The lowest BCUT2D eigenvalue weighted by Crippen LogP contribution is -2.33. The van der Waals surface area contributed by atoms with Gasteiger partial charge in [-0.2, -0.15) is 0 Å². The van der Waals surface area contributed by atoms with Crippen LogP contribution in [0.3, 0.4) is 0 Å². The van der Waals surface area contributed by atoms with Crippen molar-refractivity contribution in [1.29, 1.82) is 0 Å². The summed E-state index contributed by atoms with van der Waals surface area (Å²) in [4.78, 5) is 14.6. The van der Waals surface area contributed by atoms with Gasteiger partial charge in [-0.25, -0.2) is 0 Å². The van der Waals surface area contributed by atoms with Crippen LogP contribution >= 0.6 is 0 Å². The maximum absolute atomic E-state index is 12.8. The monoisotopic (exact) mass is 337 g/mol. The third-order valence-corrected chi connectivity index (χ3v) is 4.18. The maximum atomic E-state index is 12.8. The number of amides is 1. The lowest BCUT2D eigenvalue weighted by molar-refractivity contribution is 0.00798. The summed E-state index contributed by atoms with van der Waals surface area (Å²) in [6.07, 6.45) is -0.992. The van der Waals surface area contributed by atoms with Crippen LogP contribution in [0.4, 0.5) is 0 Å². The van der Waals surface area contributed by atoms with Gasteiger partial charge in [-0.15, -0.1) is 0 Å². The molecule has 0 aromatic heterocycles. The number of ether oxygens (including phenoxy) is 1. The van der Waals surface area contributed by atoms with Crippen LogP contribution in [-0.4, -0.2) is 53.4 Å². The van der Waals surface area contributed by atoms with Crippen LogP contribution < -0.4 is 4.74 Å². The van der Waals surface area contributed by atoms with Gasteiger partial charge in [-0.3, -0.25) is 4.79 Å². The van der Waals surface area contributed by atoms with Crippen LogP contribution in [0.5, 0.6) is 5.75 Å². The highest BCUT2D eigenvalue weighted by atomic mass is 16.5. The molecule has 136 valence electrons. The zero-order valence-corrected chi connectivity index (χ0v) is 15.5. The van der Waals surface area contributed by atoms with Crippen molar-refractivity contribution in [2.24, 2.45) is 5.92 Å². The molecule has 1 amide bonds. The molecule has 0 fully saturated rings. The first-order valence-corrected chi connectivity index (χ1v) is 8.66. The first kappa shape index (κ1) is 20.5. The van der Waals surface area contributed by atoms with Gasteiger partial charge in [0.15, 0.2) is 0 Å². The van der Waals surface area contributed by atoms with Crippen molar-refractivity contribution in [3.63, 3.8) is 0 Å². The largest absolute Gasteiger partial charge is 0.496 e. The number of hydrogen-bond acceptors (Lipinski definition) is 4. The van der Waals surface area contributed by atoms with Gasteiger partial charge < -0.3 is 19.8 Å². The molecule has 1 aromatic rings. The average molecular weight is 337 g/mol. The Kier molecular flexibility index (Phi) is 8.22. The SMILES string of the molecule is CCN(CC)C(=O)c1c(C[C@H](O)[C@@H](O)CC(C)C)cccc1OC. The van der Waals surface area contributed by atoms with Crippen molar-refractivity contribution < 1.29 is 19.7 Å². The third kappa shape index (κ3) is 5.21. The third-order valence-electron chi connectivity index (χ3n) is 4.18. The Morgan fingerprint density at radius 1 is 1.17 bits per heavy atom. The smallest absolute Gasteiger partial charge is 0.257 e. The first-order chi connectivity index (χ1) is 11.3. The minimum absolute atomic E-state index is 0.113. The van der Waals surface area contributed by atoms with Crippen molar-refractivity contribution in [3.05, 3.63) is 29.3 Å². The molecule has 0 unspecified atom stereocenters. The van der Waals surface area contributed by atoms with E-state index in [-0.39, 0.29) is 18.2 Å². The van der Waals surface area contributed by atoms with Crippen LogP contribution in [0, 0.1) is 5.92 Å². The quantitative estimate of drug-likeness (QED) is 0.726. The van der Waals surface area contributed by atoms with Crippen LogP contribution in [0.2, 0.25) is 0 Å². The normalized spacial score (nSPS) is 13.7. The molecule has 0 heterocycles. The van der Waals surface area contributed by atoms with Crippen LogP contribution in [-0.2, 0) is 6.42 Å². The van der Waals surface area contributed by atoms with E-state index in [1.54, 1.807) is 17.0 Å². The van der Waals surface area contributed by atoms with Crippen LogP contribution in [0.15, 0.2) is 18.2 Å². The molecule has 0 saturated carbocycles. The van der Waals surface area contributed by atoms with Crippen molar-refractivity contribution in [2.45, 2.75) is 52.7 Å². The molecule has 1 aromatic carbocycles. The second-order valence-electron chi connectivity index (χ2n) is 6.44. The first-order valence-electron chi connectivity index (χ1n) is 8.66. The highest BCUT2D eigenvalue weighted by molar-refractivity contribution is 5.98. The molecule has 0 aliphatic heterocycles. The fourth-order valence-corrected chi connectivity index (χ4v) is 2.83. The van der Waals surface area contributed by atoms with E-state index < -0.39 is 12.2 Å². The van der Waals surface area contributed by atoms with E-state index in [2.05, 4.69) is 0 Å². The van der Waals surface area contributed by atoms with E-state index >= 15 is 0 Å². The van der Waals surface area contributed by atoms with Gasteiger partial charge in [0.05, 0.1) is 24.9 Å². The van der Waals surface area contributed by atoms with E-state index in [4.69, 9.17) is 4.74 Å². The molecule has 5 heteroatoms. The fraction of sp³-hybridized carbons (Fsp3) is 0.632. The lowest BCUT2D eigenvalue weighted by atomic mass is 9.94. The Bertz CT molecular complexity index is 526. The van der Waals surface area contributed by atoms with Gasteiger partial charge in [0.25, 0.3) is 5.91 Å². The van der Waals surface area contributed by atoms with Crippen molar-refractivity contribution >= 4 is 5.91 Å². The molecule has 0 spiro atoms. The molecule has 2 atom stereocenters. The topological polar surface area (TPSA) is 70.0 Å². The Labute approximate surface area is 145 Å². The van der Waals surface area contributed by atoms with Gasteiger partial charge in [-0.05, 0) is 37.8 Å². The van der Waals surface area contributed by atoms with Gasteiger partial charge in [-0.1, -0.05) is 26.0 Å². The number of nitrogens with zero attached hydrogens (tertiary/aromatic N) is 1. The molecule has 5 nitrogen and oxygen atoms in total. The molecule has 0 aliphatic carbocycles. The van der Waals surface area contributed by atoms with Crippen molar-refractivity contribution in [3.8, 4) is 5.75 Å². The predicted octanol–water partition coefficient (Wildman–Crippen LogP) is 2.49. The number of aliphatic hydroxyl groups excluding tert-OH is 2. The molecule has 0 bridgehead atoms. The second kappa shape index (κ2) is 9.64. The molecular formula is C19H31NO4. The van der Waals surface area contributed by atoms with Gasteiger partial charge in [0, 0.05) is 19.5 Å². The van der Waals surface area contributed by atoms with E-state index in [9.17, 15) is 15.0 Å². The maximum Gasteiger partial charge on any atom is 0.257 e. The number of carbonyl (C=O) groups is 1. The minimum Gasteiger partial charge on any atom is -0.496 e. The Morgan fingerprint density at radius 3 is 2.29 bits per heavy atom. The number of benzene rings is 1. The van der Waals surface area contributed by atoms with E-state index in [1.807, 2.05) is 33.8 Å². The molecule has 1 rings (SSSR count). The molecule has 0 aliphatic rings. The average Bonchev–Trinajstić information content (AvgIpc) is 2.54. The summed E-state index contributed by atoms with van der Waals surface area (Å²) in [6, 6.07) is 5.36. The molecular weight excluding hydrogens is 306 g/mol. The Morgan fingerprint density at radius 2 is 1.79 bits per heavy atom. The summed E-state index contributed by atoms with van der Waals surface area (Å²) >= 11 is 0. The van der Waals surface area contributed by atoms with Crippen molar-refractivity contribution in [1.82, 2.24) is 4.90 Å². The molecule has 2 N–H and O–H groups in total. The number of aliphatic hydroxyl groups is 2. The summed E-state index contributed by atoms with van der Waals surface area (Å²) in [5.74, 6) is 0.671. The van der Waals surface area contributed by atoms with E-state index in [0.29, 0.717) is 36.4 Å². The summed E-state index contributed by atoms with van der Waals surface area (Å²) in [6.45, 7) is 9.06. The van der Waals surface area contributed by atoms with Crippen LogP contribution in [0.1, 0.15) is 50.0 Å². The summed E-state index contributed by atoms with van der Waals surface area (Å²) in [5.41, 5.74) is 1.17. The molecule has 0 radical (unpaired) electrons. The highest BCUT2D eigenvalue weighted by Crippen LogP contribution is 2.26. The highest BCUT2D eigenvalue weighted by Gasteiger charge is 2.25. The van der Waals surface area contributed by atoms with E-state index in [0.717, 1.165) is 0 Å². The van der Waals surface area contributed by atoms with Crippen molar-refractivity contribution in [2.75, 3.05) is 20.2 Å². The Hall–Kier alpha value is -1.59. The number of hydrogen-bond donors (Lipinski definition) is 2. The standard InChI is InChI=1S/C19H31NO4/c1-6-20(7-2)19(23)18-14(9-8-10-17(18)24-5)12-16(22)15(21)11-13(3)4/h8-10,13,15-16,21-22H,6-7,11-12H2,1-5H3/t15-,16-/m0/s1. The minimum atomic E-state index is -0.914. The predicted molar refractivity (Wildman–Crippen MR) is 95.4 cm³/mol. The summed E-state index contributed by atoms with van der Waals surface area (Å²) in [7, 11) is 1.53. The van der Waals surface area contributed by atoms with Gasteiger partial charge in [0.1, 0.15) is 5.75 Å².